The molecule has 0 aliphatic rings. The highest BCUT2D eigenvalue weighted by Crippen LogP contribution is 2.02. The fourth-order valence-electron chi connectivity index (χ4n) is 1.39. The summed E-state index contributed by atoms with van der Waals surface area (Å²) in [5.74, 6) is -0.387. The van der Waals surface area contributed by atoms with Gasteiger partial charge in [0.2, 0.25) is 5.91 Å². The number of nitriles is 1. The largest absolute Gasteiger partial charge is 0.369 e. The first-order chi connectivity index (χ1) is 7.72. The van der Waals surface area contributed by atoms with Crippen LogP contribution in [0, 0.1) is 11.3 Å². The molecule has 0 atom stereocenters. The van der Waals surface area contributed by atoms with E-state index in [1.54, 1.807) is 12.4 Å². The van der Waals surface area contributed by atoms with Gasteiger partial charge in [0.1, 0.15) is 0 Å². The van der Waals surface area contributed by atoms with Crippen molar-refractivity contribution >= 4 is 5.91 Å². The van der Waals surface area contributed by atoms with Gasteiger partial charge in [0.25, 0.3) is 0 Å². The maximum Gasteiger partial charge on any atom is 0.231 e. The molecule has 0 unspecified atom stereocenters. The predicted octanol–water partition coefficient (Wildman–Crippen LogP) is 0.283. The van der Waals surface area contributed by atoms with Crippen LogP contribution in [0.1, 0.15) is 12.0 Å². The molecule has 0 saturated heterocycles. The molecule has 1 aromatic heterocycles. The predicted molar refractivity (Wildman–Crippen MR) is 58.9 cm³/mol. The number of hydrogen-bond donors (Lipinski definition) is 1. The standard InChI is InChI=1S/C11H14N4O/c12-4-2-6-15(9-11(13)16)8-10-3-1-5-14-7-10/h1,3,5,7H,2,6,8-9H2,(H2,13,16). The van der Waals surface area contributed by atoms with Crippen LogP contribution in [0.5, 0.6) is 0 Å². The second kappa shape index (κ2) is 6.53. The Balaban J connectivity index is 2.56. The zero-order valence-electron chi connectivity index (χ0n) is 8.97. The van der Waals surface area contributed by atoms with Crippen molar-refractivity contribution in [3.63, 3.8) is 0 Å². The first-order valence-electron chi connectivity index (χ1n) is 4.99. The maximum atomic E-state index is 10.8. The van der Waals surface area contributed by atoms with Gasteiger partial charge in [-0.3, -0.25) is 14.7 Å². The van der Waals surface area contributed by atoms with Crippen LogP contribution < -0.4 is 5.73 Å². The number of carbonyl (C=O) groups excluding carboxylic acids is 1. The third-order valence-corrected chi connectivity index (χ3v) is 2.05. The molecule has 0 radical (unpaired) electrons. The highest BCUT2D eigenvalue weighted by Gasteiger charge is 2.08. The first-order valence-corrected chi connectivity index (χ1v) is 4.99. The average Bonchev–Trinajstić information content (AvgIpc) is 2.26. The molecule has 2 N–H and O–H groups in total. The molecule has 0 aliphatic heterocycles. The van der Waals surface area contributed by atoms with Crippen molar-refractivity contribution in [2.45, 2.75) is 13.0 Å². The van der Waals surface area contributed by atoms with Crippen LogP contribution in [0.2, 0.25) is 0 Å². The highest BCUT2D eigenvalue weighted by atomic mass is 16.1. The Bertz CT molecular complexity index is 371. The van der Waals surface area contributed by atoms with Gasteiger partial charge in [-0.1, -0.05) is 6.07 Å². The second-order valence-electron chi connectivity index (χ2n) is 3.45. The van der Waals surface area contributed by atoms with Crippen molar-refractivity contribution in [3.8, 4) is 6.07 Å². The van der Waals surface area contributed by atoms with Gasteiger partial charge in [0.05, 0.1) is 12.6 Å². The van der Waals surface area contributed by atoms with Crippen LogP contribution in [0.15, 0.2) is 24.5 Å². The van der Waals surface area contributed by atoms with Gasteiger partial charge in [-0.25, -0.2) is 0 Å². The molecule has 1 rings (SSSR count). The molecule has 0 fully saturated rings. The Morgan fingerprint density at radius 3 is 3.00 bits per heavy atom. The summed E-state index contributed by atoms with van der Waals surface area (Å²) in [5.41, 5.74) is 6.14. The van der Waals surface area contributed by atoms with Crippen LogP contribution in [0.4, 0.5) is 0 Å². The van der Waals surface area contributed by atoms with E-state index in [1.807, 2.05) is 23.1 Å². The zero-order chi connectivity index (χ0) is 11.8. The number of primary amides is 1. The summed E-state index contributed by atoms with van der Waals surface area (Å²) in [6, 6.07) is 5.81. The van der Waals surface area contributed by atoms with Crippen molar-refractivity contribution in [2.75, 3.05) is 13.1 Å². The summed E-state index contributed by atoms with van der Waals surface area (Å²) in [4.78, 5) is 16.7. The summed E-state index contributed by atoms with van der Waals surface area (Å²) in [6.07, 6.45) is 3.81. The molecule has 0 aromatic carbocycles. The third kappa shape index (κ3) is 4.53. The van der Waals surface area contributed by atoms with E-state index < -0.39 is 0 Å². The Morgan fingerprint density at radius 2 is 2.44 bits per heavy atom. The van der Waals surface area contributed by atoms with E-state index in [4.69, 9.17) is 11.0 Å². The fraction of sp³-hybridized carbons (Fsp3) is 0.364. The summed E-state index contributed by atoms with van der Waals surface area (Å²) in [6.45, 7) is 1.28. The Morgan fingerprint density at radius 1 is 1.62 bits per heavy atom. The molecule has 1 aromatic rings. The number of rotatable bonds is 6. The van der Waals surface area contributed by atoms with Crippen LogP contribution in [0.25, 0.3) is 0 Å². The van der Waals surface area contributed by atoms with Crippen molar-refractivity contribution < 1.29 is 4.79 Å². The lowest BCUT2D eigenvalue weighted by atomic mass is 10.2. The van der Waals surface area contributed by atoms with E-state index in [0.29, 0.717) is 19.5 Å². The molecule has 1 amide bonds. The third-order valence-electron chi connectivity index (χ3n) is 2.05. The topological polar surface area (TPSA) is 83.0 Å². The van der Waals surface area contributed by atoms with Crippen LogP contribution >= 0.6 is 0 Å². The summed E-state index contributed by atoms with van der Waals surface area (Å²) < 4.78 is 0. The summed E-state index contributed by atoms with van der Waals surface area (Å²) in [5, 5.41) is 8.51. The molecule has 0 saturated carbocycles. The van der Waals surface area contributed by atoms with E-state index in [9.17, 15) is 4.79 Å². The summed E-state index contributed by atoms with van der Waals surface area (Å²) in [7, 11) is 0. The van der Waals surface area contributed by atoms with Crippen molar-refractivity contribution in [3.05, 3.63) is 30.1 Å². The van der Waals surface area contributed by atoms with Crippen molar-refractivity contribution in [1.82, 2.24) is 9.88 Å². The van der Waals surface area contributed by atoms with E-state index >= 15 is 0 Å². The van der Waals surface area contributed by atoms with Crippen LogP contribution in [-0.4, -0.2) is 28.9 Å². The molecular formula is C11H14N4O. The molecule has 1 heterocycles. The Labute approximate surface area is 94.5 Å². The zero-order valence-corrected chi connectivity index (χ0v) is 8.97. The van der Waals surface area contributed by atoms with Gasteiger partial charge < -0.3 is 5.73 Å². The smallest absolute Gasteiger partial charge is 0.231 e. The maximum absolute atomic E-state index is 10.8. The minimum atomic E-state index is -0.387. The highest BCUT2D eigenvalue weighted by molar-refractivity contribution is 5.75. The van der Waals surface area contributed by atoms with Gasteiger partial charge in [-0.05, 0) is 11.6 Å². The number of carbonyl (C=O) groups is 1. The van der Waals surface area contributed by atoms with Crippen LogP contribution in [-0.2, 0) is 11.3 Å². The van der Waals surface area contributed by atoms with Gasteiger partial charge in [-0.15, -0.1) is 0 Å². The number of amides is 1. The normalized spacial score (nSPS) is 10.0. The lowest BCUT2D eigenvalue weighted by Crippen LogP contribution is -2.34. The van der Waals surface area contributed by atoms with Gasteiger partial charge in [0, 0.05) is 31.9 Å². The van der Waals surface area contributed by atoms with Gasteiger partial charge in [0.15, 0.2) is 0 Å². The molecule has 16 heavy (non-hydrogen) atoms. The Kier molecular flexibility index (Phi) is 4.96. The van der Waals surface area contributed by atoms with Crippen molar-refractivity contribution in [2.24, 2.45) is 5.73 Å². The molecular weight excluding hydrogens is 204 g/mol. The molecule has 84 valence electrons. The second-order valence-corrected chi connectivity index (χ2v) is 3.45. The number of nitrogens with two attached hydrogens (primary N) is 1. The lowest BCUT2D eigenvalue weighted by molar-refractivity contribution is -0.119. The molecule has 5 nitrogen and oxygen atoms in total. The van der Waals surface area contributed by atoms with E-state index in [2.05, 4.69) is 4.98 Å². The first kappa shape index (κ1) is 12.1. The van der Waals surface area contributed by atoms with Crippen molar-refractivity contribution in [1.29, 1.82) is 5.26 Å². The number of nitrogens with zero attached hydrogens (tertiary/aromatic N) is 3. The minimum Gasteiger partial charge on any atom is -0.369 e. The van der Waals surface area contributed by atoms with E-state index in [0.717, 1.165) is 5.56 Å². The monoisotopic (exact) mass is 218 g/mol. The molecule has 0 spiro atoms. The van der Waals surface area contributed by atoms with Gasteiger partial charge in [-0.2, -0.15) is 5.26 Å². The average molecular weight is 218 g/mol. The number of hydrogen-bond acceptors (Lipinski definition) is 4. The quantitative estimate of drug-likeness (QED) is 0.743. The summed E-state index contributed by atoms with van der Waals surface area (Å²) >= 11 is 0. The number of pyridine rings is 1. The number of aromatic nitrogens is 1. The fourth-order valence-corrected chi connectivity index (χ4v) is 1.39. The van der Waals surface area contributed by atoms with E-state index in [1.165, 1.54) is 0 Å². The lowest BCUT2D eigenvalue weighted by Gasteiger charge is -2.18. The molecule has 5 heteroatoms. The Hall–Kier alpha value is -1.93. The van der Waals surface area contributed by atoms with E-state index in [-0.39, 0.29) is 12.5 Å². The molecule has 0 aliphatic carbocycles. The molecule has 0 bridgehead atoms. The minimum absolute atomic E-state index is 0.163. The SMILES string of the molecule is N#CCCN(CC(N)=O)Cc1cccnc1. The van der Waals surface area contributed by atoms with Gasteiger partial charge >= 0.3 is 0 Å². The van der Waals surface area contributed by atoms with Crippen LogP contribution in [0.3, 0.4) is 0 Å².